The number of carbonyl (C=O) groups is 1. The zero-order chi connectivity index (χ0) is 11.6. The number of benzene rings is 1. The Morgan fingerprint density at radius 2 is 2.00 bits per heavy atom. The van der Waals surface area contributed by atoms with Crippen LogP contribution in [0.15, 0.2) is 18.2 Å². The van der Waals surface area contributed by atoms with Gasteiger partial charge in [0.05, 0.1) is 17.2 Å². The summed E-state index contributed by atoms with van der Waals surface area (Å²) in [7, 11) is 0. The number of carboxylic acid groups (broad SMARTS) is 1. The second-order valence-corrected chi connectivity index (χ2v) is 4.40. The van der Waals surface area contributed by atoms with E-state index >= 15 is 0 Å². The van der Waals surface area contributed by atoms with E-state index in [2.05, 4.69) is 0 Å². The van der Waals surface area contributed by atoms with Gasteiger partial charge in [0.25, 0.3) is 0 Å². The molecule has 15 heavy (non-hydrogen) atoms. The Balaban J connectivity index is 3.57. The van der Waals surface area contributed by atoms with Crippen LogP contribution in [0, 0.1) is 11.3 Å². The van der Waals surface area contributed by atoms with E-state index in [4.69, 9.17) is 10.4 Å². The van der Waals surface area contributed by atoms with Gasteiger partial charge in [0.15, 0.2) is 0 Å². The summed E-state index contributed by atoms with van der Waals surface area (Å²) in [4.78, 5) is 11.0. The molecule has 1 rings (SSSR count). The maximum Gasteiger partial charge on any atom is 0.336 e. The van der Waals surface area contributed by atoms with Crippen molar-refractivity contribution in [3.63, 3.8) is 0 Å². The van der Waals surface area contributed by atoms with Crippen molar-refractivity contribution in [2.75, 3.05) is 0 Å². The van der Waals surface area contributed by atoms with Gasteiger partial charge in [-0.2, -0.15) is 5.26 Å². The molecule has 1 aromatic rings. The van der Waals surface area contributed by atoms with E-state index in [-0.39, 0.29) is 11.0 Å². The summed E-state index contributed by atoms with van der Waals surface area (Å²) in [6.45, 7) is 5.70. The molecule has 78 valence electrons. The molecule has 0 aliphatic heterocycles. The topological polar surface area (TPSA) is 61.1 Å². The fourth-order valence-electron chi connectivity index (χ4n) is 1.63. The van der Waals surface area contributed by atoms with E-state index in [0.717, 1.165) is 0 Å². The molecule has 0 spiro atoms. The van der Waals surface area contributed by atoms with E-state index in [9.17, 15) is 4.79 Å². The second-order valence-electron chi connectivity index (χ2n) is 4.40. The molecule has 1 aromatic carbocycles. The minimum atomic E-state index is -0.989. The molecule has 3 heteroatoms. The lowest BCUT2D eigenvalue weighted by Crippen LogP contribution is -2.18. The molecule has 1 N–H and O–H groups in total. The van der Waals surface area contributed by atoms with Crippen molar-refractivity contribution in [1.29, 1.82) is 5.26 Å². The Hall–Kier alpha value is -1.82. The third-order valence-electron chi connectivity index (χ3n) is 2.17. The molecule has 0 bridgehead atoms. The molecule has 0 heterocycles. The van der Waals surface area contributed by atoms with E-state index in [1.54, 1.807) is 12.1 Å². The number of nitrogens with zero attached hydrogens (tertiary/aromatic N) is 1. The van der Waals surface area contributed by atoms with Crippen LogP contribution in [0.3, 0.4) is 0 Å². The number of aromatic carboxylic acids is 1. The maximum absolute atomic E-state index is 11.0. The van der Waals surface area contributed by atoms with Crippen molar-refractivity contribution >= 4 is 5.97 Å². The van der Waals surface area contributed by atoms with Gasteiger partial charge in [-0.3, -0.25) is 0 Å². The molecule has 0 fully saturated rings. The van der Waals surface area contributed by atoms with Crippen molar-refractivity contribution in [2.45, 2.75) is 26.2 Å². The summed E-state index contributed by atoms with van der Waals surface area (Å²) in [5.41, 5.74) is 0.893. The Labute approximate surface area is 89.0 Å². The number of rotatable bonds is 1. The van der Waals surface area contributed by atoms with E-state index in [1.807, 2.05) is 26.8 Å². The SMILES string of the molecule is CC(C)(C)c1c(C#N)cccc1C(=O)O. The van der Waals surface area contributed by atoms with E-state index in [1.165, 1.54) is 6.07 Å². The average molecular weight is 203 g/mol. The predicted molar refractivity (Wildman–Crippen MR) is 56.8 cm³/mol. The first kappa shape index (κ1) is 11.3. The minimum Gasteiger partial charge on any atom is -0.478 e. The van der Waals surface area contributed by atoms with Crippen molar-refractivity contribution < 1.29 is 9.90 Å². The van der Waals surface area contributed by atoms with Gasteiger partial charge in [0, 0.05) is 0 Å². The molecule has 0 saturated heterocycles. The van der Waals surface area contributed by atoms with Crippen LogP contribution >= 0.6 is 0 Å². The molecular weight excluding hydrogens is 190 g/mol. The van der Waals surface area contributed by atoms with Crippen LogP contribution < -0.4 is 0 Å². The Bertz CT molecular complexity index is 436. The zero-order valence-corrected chi connectivity index (χ0v) is 9.03. The van der Waals surface area contributed by atoms with Gasteiger partial charge in [0.2, 0.25) is 0 Å². The number of carboxylic acids is 1. The minimum absolute atomic E-state index is 0.210. The van der Waals surface area contributed by atoms with Crippen molar-refractivity contribution in [2.24, 2.45) is 0 Å². The monoisotopic (exact) mass is 203 g/mol. The lowest BCUT2D eigenvalue weighted by atomic mass is 9.81. The van der Waals surface area contributed by atoms with Crippen molar-refractivity contribution in [3.8, 4) is 6.07 Å². The molecule has 0 aromatic heterocycles. The highest BCUT2D eigenvalue weighted by Crippen LogP contribution is 2.29. The Kier molecular flexibility index (Phi) is 2.81. The number of nitriles is 1. The molecule has 0 atom stereocenters. The predicted octanol–water partition coefficient (Wildman–Crippen LogP) is 2.55. The summed E-state index contributed by atoms with van der Waals surface area (Å²) >= 11 is 0. The molecular formula is C12H13NO2. The Morgan fingerprint density at radius 1 is 1.40 bits per heavy atom. The van der Waals surface area contributed by atoms with Crippen LogP contribution in [-0.2, 0) is 5.41 Å². The van der Waals surface area contributed by atoms with Crippen molar-refractivity contribution in [1.82, 2.24) is 0 Å². The van der Waals surface area contributed by atoms with Gasteiger partial charge in [-0.15, -0.1) is 0 Å². The van der Waals surface area contributed by atoms with Crippen LogP contribution in [0.25, 0.3) is 0 Å². The second kappa shape index (κ2) is 3.74. The molecule has 0 saturated carbocycles. The Morgan fingerprint density at radius 3 is 2.40 bits per heavy atom. The summed E-state index contributed by atoms with van der Waals surface area (Å²) < 4.78 is 0. The third kappa shape index (κ3) is 2.16. The first-order chi connectivity index (χ1) is 6.88. The normalized spacial score (nSPS) is 10.8. The summed E-state index contributed by atoms with van der Waals surface area (Å²) in [6.07, 6.45) is 0. The lowest BCUT2D eigenvalue weighted by Gasteiger charge is -2.22. The van der Waals surface area contributed by atoms with E-state index in [0.29, 0.717) is 11.1 Å². The van der Waals surface area contributed by atoms with Gasteiger partial charge >= 0.3 is 5.97 Å². The molecule has 0 radical (unpaired) electrons. The van der Waals surface area contributed by atoms with Crippen LogP contribution in [-0.4, -0.2) is 11.1 Å². The molecule has 0 aliphatic carbocycles. The first-order valence-electron chi connectivity index (χ1n) is 4.65. The van der Waals surface area contributed by atoms with Crippen LogP contribution in [0.2, 0.25) is 0 Å². The summed E-state index contributed by atoms with van der Waals surface area (Å²) in [6, 6.07) is 6.81. The average Bonchev–Trinajstić information content (AvgIpc) is 2.15. The highest BCUT2D eigenvalue weighted by Gasteiger charge is 2.24. The van der Waals surface area contributed by atoms with Crippen LogP contribution in [0.5, 0.6) is 0 Å². The summed E-state index contributed by atoms with van der Waals surface area (Å²) in [5.74, 6) is -0.989. The quantitative estimate of drug-likeness (QED) is 0.763. The van der Waals surface area contributed by atoms with Crippen LogP contribution in [0.4, 0.5) is 0 Å². The third-order valence-corrected chi connectivity index (χ3v) is 2.17. The van der Waals surface area contributed by atoms with Gasteiger partial charge in [-0.05, 0) is 23.1 Å². The van der Waals surface area contributed by atoms with Gasteiger partial charge in [0.1, 0.15) is 0 Å². The van der Waals surface area contributed by atoms with Crippen LogP contribution in [0.1, 0.15) is 42.3 Å². The molecule has 0 aliphatic rings. The molecule has 0 unspecified atom stereocenters. The first-order valence-corrected chi connectivity index (χ1v) is 4.65. The molecule has 0 amide bonds. The van der Waals surface area contributed by atoms with Crippen molar-refractivity contribution in [3.05, 3.63) is 34.9 Å². The molecule has 3 nitrogen and oxygen atoms in total. The largest absolute Gasteiger partial charge is 0.478 e. The smallest absolute Gasteiger partial charge is 0.336 e. The standard InChI is InChI=1S/C12H13NO2/c1-12(2,3)10-8(7-13)5-4-6-9(10)11(14)15/h4-6H,1-3H3,(H,14,15). The fraction of sp³-hybridized carbons (Fsp3) is 0.333. The highest BCUT2D eigenvalue weighted by molar-refractivity contribution is 5.90. The fourth-order valence-corrected chi connectivity index (χ4v) is 1.63. The lowest BCUT2D eigenvalue weighted by molar-refractivity contribution is 0.0694. The number of hydrogen-bond acceptors (Lipinski definition) is 2. The zero-order valence-electron chi connectivity index (χ0n) is 9.03. The van der Waals surface area contributed by atoms with Gasteiger partial charge in [-0.25, -0.2) is 4.79 Å². The van der Waals surface area contributed by atoms with E-state index < -0.39 is 5.97 Å². The number of hydrogen-bond donors (Lipinski definition) is 1. The maximum atomic E-state index is 11.0. The highest BCUT2D eigenvalue weighted by atomic mass is 16.4. The van der Waals surface area contributed by atoms with Gasteiger partial charge < -0.3 is 5.11 Å². The van der Waals surface area contributed by atoms with Gasteiger partial charge in [-0.1, -0.05) is 26.8 Å². The summed E-state index contributed by atoms with van der Waals surface area (Å²) in [5, 5.41) is 18.0.